The Labute approximate surface area is 70.5 Å². The van der Waals surface area contributed by atoms with Crippen LogP contribution in [0, 0.1) is 10.1 Å². The lowest BCUT2D eigenvalue weighted by atomic mass is 10.4. The molecule has 6 nitrogen and oxygen atoms in total. The van der Waals surface area contributed by atoms with Gasteiger partial charge < -0.3 is 0 Å². The molecule has 1 heterocycles. The van der Waals surface area contributed by atoms with Crippen LogP contribution in [0.5, 0.6) is 0 Å². The molecular weight excluding hydrogens is 184 g/mol. The monoisotopic (exact) mass is 188 g/mol. The van der Waals surface area contributed by atoms with Crippen molar-refractivity contribution in [3.8, 4) is 0 Å². The van der Waals surface area contributed by atoms with Crippen molar-refractivity contribution < 1.29 is 14.9 Å². The number of nitro groups is 1. The minimum atomic E-state index is -0.742. The van der Waals surface area contributed by atoms with Crippen molar-refractivity contribution in [2.24, 2.45) is 0 Å². The first kappa shape index (κ1) is 8.62. The van der Waals surface area contributed by atoms with E-state index in [0.29, 0.717) is 11.3 Å². The van der Waals surface area contributed by atoms with E-state index in [1.807, 2.05) is 0 Å². The second-order valence-electron chi connectivity index (χ2n) is 1.84. The maximum atomic E-state index is 10.7. The zero-order chi connectivity index (χ0) is 9.14. The molecule has 0 aliphatic rings. The number of amides is 1. The van der Waals surface area contributed by atoms with Gasteiger partial charge in [-0.2, -0.15) is 0 Å². The first-order valence-electron chi connectivity index (χ1n) is 2.84. The third kappa shape index (κ3) is 1.57. The van der Waals surface area contributed by atoms with E-state index in [0.717, 1.165) is 0 Å². The quantitative estimate of drug-likeness (QED) is 0.407. The molecule has 12 heavy (non-hydrogen) atoms. The minimum absolute atomic E-state index is 0.101. The summed E-state index contributed by atoms with van der Waals surface area (Å²) in [6, 6.07) is 2.48. The van der Waals surface area contributed by atoms with Crippen molar-refractivity contribution >= 4 is 22.2 Å². The first-order valence-corrected chi connectivity index (χ1v) is 3.65. The van der Waals surface area contributed by atoms with Crippen LogP contribution in [0.1, 0.15) is 9.67 Å². The van der Waals surface area contributed by atoms with Crippen LogP contribution in [0.3, 0.4) is 0 Å². The second-order valence-corrected chi connectivity index (χ2v) is 2.90. The second kappa shape index (κ2) is 3.28. The third-order valence-electron chi connectivity index (χ3n) is 1.10. The summed E-state index contributed by atoms with van der Waals surface area (Å²) >= 11 is 0.703. The molecular formula is C5H4N2O4S. The van der Waals surface area contributed by atoms with Crippen LogP contribution in [-0.4, -0.2) is 16.0 Å². The predicted octanol–water partition coefficient (Wildman–Crippen LogP) is 0.775. The lowest BCUT2D eigenvalue weighted by Crippen LogP contribution is -2.16. The number of rotatable bonds is 2. The Hall–Kier alpha value is -1.47. The van der Waals surface area contributed by atoms with Crippen molar-refractivity contribution in [3.05, 3.63) is 27.1 Å². The van der Waals surface area contributed by atoms with Gasteiger partial charge in [-0.05, 0) is 6.07 Å². The molecule has 0 radical (unpaired) electrons. The van der Waals surface area contributed by atoms with Gasteiger partial charge in [0.25, 0.3) is 5.91 Å². The number of hydroxylamine groups is 1. The summed E-state index contributed by atoms with van der Waals surface area (Å²) in [6.07, 6.45) is 0. The van der Waals surface area contributed by atoms with E-state index in [1.165, 1.54) is 17.6 Å². The molecule has 0 saturated carbocycles. The predicted molar refractivity (Wildman–Crippen MR) is 40.2 cm³/mol. The van der Waals surface area contributed by atoms with Gasteiger partial charge in [-0.15, -0.1) is 0 Å². The normalized spacial score (nSPS) is 9.42. The zero-order valence-corrected chi connectivity index (χ0v) is 6.50. The van der Waals surface area contributed by atoms with Crippen molar-refractivity contribution in [2.45, 2.75) is 0 Å². The molecule has 0 bridgehead atoms. The number of nitrogens with one attached hydrogen (secondary N) is 1. The molecule has 0 aliphatic carbocycles. The summed E-state index contributed by atoms with van der Waals surface area (Å²) in [5, 5.41) is 18.2. The van der Waals surface area contributed by atoms with Crippen molar-refractivity contribution in [3.63, 3.8) is 0 Å². The fourth-order valence-electron chi connectivity index (χ4n) is 0.603. The van der Waals surface area contributed by atoms with E-state index in [9.17, 15) is 14.9 Å². The van der Waals surface area contributed by atoms with Gasteiger partial charge in [0.1, 0.15) is 4.88 Å². The maximum absolute atomic E-state index is 10.7. The van der Waals surface area contributed by atoms with E-state index in [2.05, 4.69) is 0 Å². The van der Waals surface area contributed by atoms with Crippen LogP contribution in [0.25, 0.3) is 0 Å². The largest absolute Gasteiger partial charge is 0.324 e. The Morgan fingerprint density at radius 2 is 2.33 bits per heavy atom. The number of hydrogen-bond donors (Lipinski definition) is 2. The first-order chi connectivity index (χ1) is 5.65. The van der Waals surface area contributed by atoms with E-state index < -0.39 is 10.8 Å². The Morgan fingerprint density at radius 3 is 2.75 bits per heavy atom. The van der Waals surface area contributed by atoms with Gasteiger partial charge in [0.05, 0.1) is 4.92 Å². The topological polar surface area (TPSA) is 92.5 Å². The van der Waals surface area contributed by atoms with Crippen molar-refractivity contribution in [1.29, 1.82) is 0 Å². The van der Waals surface area contributed by atoms with Crippen LogP contribution in [0.4, 0.5) is 5.00 Å². The zero-order valence-electron chi connectivity index (χ0n) is 5.68. The Balaban J connectivity index is 2.91. The van der Waals surface area contributed by atoms with Gasteiger partial charge in [-0.1, -0.05) is 11.3 Å². The lowest BCUT2D eigenvalue weighted by Gasteiger charge is -1.89. The molecule has 1 amide bonds. The number of hydrogen-bond acceptors (Lipinski definition) is 5. The highest BCUT2D eigenvalue weighted by Crippen LogP contribution is 2.23. The van der Waals surface area contributed by atoms with Crippen molar-refractivity contribution in [1.82, 2.24) is 5.48 Å². The number of thiophene rings is 1. The van der Waals surface area contributed by atoms with Gasteiger partial charge in [0, 0.05) is 6.07 Å². The number of carbonyl (C=O) groups is 1. The summed E-state index contributed by atoms with van der Waals surface area (Å²) in [6.45, 7) is 0. The summed E-state index contributed by atoms with van der Waals surface area (Å²) in [5.41, 5.74) is 1.38. The highest BCUT2D eigenvalue weighted by atomic mass is 32.1. The molecule has 0 atom stereocenters. The fraction of sp³-hybridized carbons (Fsp3) is 0. The summed E-state index contributed by atoms with van der Waals surface area (Å²) in [4.78, 5) is 20.3. The molecule has 0 spiro atoms. The molecule has 1 rings (SSSR count). The van der Waals surface area contributed by atoms with Crippen LogP contribution in [-0.2, 0) is 0 Å². The lowest BCUT2D eigenvalue weighted by molar-refractivity contribution is -0.380. The Bertz CT molecular complexity index is 321. The molecule has 1 aromatic heterocycles. The summed E-state index contributed by atoms with van der Waals surface area (Å²) in [5.74, 6) is -0.742. The minimum Gasteiger partial charge on any atom is -0.288 e. The molecule has 0 saturated heterocycles. The SMILES string of the molecule is O=C(NO)c1ccc([N+](=O)[O-])s1. The van der Waals surface area contributed by atoms with E-state index in [1.54, 1.807) is 0 Å². The highest BCUT2D eigenvalue weighted by molar-refractivity contribution is 7.17. The van der Waals surface area contributed by atoms with E-state index >= 15 is 0 Å². The molecule has 1 aromatic rings. The van der Waals surface area contributed by atoms with Gasteiger partial charge in [0.2, 0.25) is 0 Å². The van der Waals surface area contributed by atoms with E-state index in [4.69, 9.17) is 5.21 Å². The molecule has 7 heteroatoms. The average Bonchev–Trinajstić information content (AvgIpc) is 2.51. The molecule has 0 aliphatic heterocycles. The fourth-order valence-corrected chi connectivity index (χ4v) is 1.31. The van der Waals surface area contributed by atoms with Gasteiger partial charge in [0.15, 0.2) is 0 Å². The maximum Gasteiger partial charge on any atom is 0.324 e. The molecule has 2 N–H and O–H groups in total. The Kier molecular flexibility index (Phi) is 2.36. The number of carbonyl (C=O) groups excluding carboxylic acids is 1. The summed E-state index contributed by atoms with van der Waals surface area (Å²) in [7, 11) is 0. The van der Waals surface area contributed by atoms with Gasteiger partial charge in [-0.25, -0.2) is 5.48 Å². The smallest absolute Gasteiger partial charge is 0.288 e. The van der Waals surface area contributed by atoms with Crippen LogP contribution < -0.4 is 5.48 Å². The molecule has 0 fully saturated rings. The Morgan fingerprint density at radius 1 is 1.67 bits per heavy atom. The van der Waals surface area contributed by atoms with Crippen molar-refractivity contribution in [2.75, 3.05) is 0 Å². The highest BCUT2D eigenvalue weighted by Gasteiger charge is 2.13. The van der Waals surface area contributed by atoms with Gasteiger partial charge in [-0.3, -0.25) is 20.1 Å². The standard InChI is InChI=1S/C5H4N2O4S/c8-5(6-9)3-1-2-4(12-3)7(10)11/h1-2,9H,(H,6,8). The third-order valence-corrected chi connectivity index (χ3v) is 2.13. The van der Waals surface area contributed by atoms with Crippen LogP contribution >= 0.6 is 11.3 Å². The molecule has 64 valence electrons. The average molecular weight is 188 g/mol. The molecule has 0 aromatic carbocycles. The summed E-state index contributed by atoms with van der Waals surface area (Å²) < 4.78 is 0. The van der Waals surface area contributed by atoms with Crippen LogP contribution in [0.2, 0.25) is 0 Å². The molecule has 0 unspecified atom stereocenters. The van der Waals surface area contributed by atoms with Crippen LogP contribution in [0.15, 0.2) is 12.1 Å². The van der Waals surface area contributed by atoms with Gasteiger partial charge >= 0.3 is 5.00 Å². The number of nitrogens with zero attached hydrogens (tertiary/aromatic N) is 1. The van der Waals surface area contributed by atoms with E-state index in [-0.39, 0.29) is 9.88 Å².